The maximum atomic E-state index is 12.2. The number of amides is 1. The van der Waals surface area contributed by atoms with Crippen LogP contribution in [0.25, 0.3) is 0 Å². The highest BCUT2D eigenvalue weighted by Gasteiger charge is 2.12. The molecule has 0 saturated carbocycles. The highest BCUT2D eigenvalue weighted by molar-refractivity contribution is 5.94. The molecule has 4 N–H and O–H groups in total. The quantitative estimate of drug-likeness (QED) is 0.270. The van der Waals surface area contributed by atoms with Crippen LogP contribution in [-0.4, -0.2) is 67.8 Å². The summed E-state index contributed by atoms with van der Waals surface area (Å²) in [6.45, 7) is 8.75. The highest BCUT2D eigenvalue weighted by Crippen LogP contribution is 2.14. The first-order valence-electron chi connectivity index (χ1n) is 11.1. The van der Waals surface area contributed by atoms with Crippen LogP contribution < -0.4 is 16.0 Å². The molecule has 0 spiro atoms. The molecule has 0 radical (unpaired) electrons. The average molecular weight is 440 g/mol. The second-order valence-electron chi connectivity index (χ2n) is 7.58. The van der Waals surface area contributed by atoms with Crippen LogP contribution in [0.15, 0.2) is 53.5 Å². The molecule has 0 bridgehead atoms. The van der Waals surface area contributed by atoms with Gasteiger partial charge in [-0.15, -0.1) is 0 Å². The molecule has 1 aliphatic rings. The van der Waals surface area contributed by atoms with Gasteiger partial charge in [0.2, 0.25) is 0 Å². The van der Waals surface area contributed by atoms with Gasteiger partial charge >= 0.3 is 0 Å². The number of aromatic hydroxyl groups is 1. The maximum absolute atomic E-state index is 12.2. The van der Waals surface area contributed by atoms with E-state index >= 15 is 0 Å². The maximum Gasteiger partial charge on any atom is 0.251 e. The summed E-state index contributed by atoms with van der Waals surface area (Å²) in [6, 6.07) is 14.6. The second kappa shape index (κ2) is 12.7. The fraction of sp³-hybridized carbons (Fsp3) is 0.417. The van der Waals surface area contributed by atoms with Crippen molar-refractivity contribution in [3.63, 3.8) is 0 Å². The van der Waals surface area contributed by atoms with E-state index in [-0.39, 0.29) is 11.7 Å². The monoisotopic (exact) mass is 439 g/mol. The van der Waals surface area contributed by atoms with Crippen LogP contribution in [0.1, 0.15) is 28.4 Å². The molecule has 32 heavy (non-hydrogen) atoms. The number of phenolic OH excluding ortho intramolecular Hbond substituents is 1. The number of carbonyl (C=O) groups is 1. The number of nitrogens with one attached hydrogen (secondary N) is 3. The van der Waals surface area contributed by atoms with Gasteiger partial charge < -0.3 is 25.8 Å². The minimum Gasteiger partial charge on any atom is -0.508 e. The number of phenols is 1. The fourth-order valence-corrected chi connectivity index (χ4v) is 3.44. The predicted octanol–water partition coefficient (Wildman–Crippen LogP) is 1.71. The summed E-state index contributed by atoms with van der Waals surface area (Å²) in [5.41, 5.74) is 3.01. The van der Waals surface area contributed by atoms with E-state index in [0.717, 1.165) is 39.4 Å². The van der Waals surface area contributed by atoms with Gasteiger partial charge in [-0.1, -0.05) is 24.3 Å². The normalized spacial score (nSPS) is 14.7. The molecule has 0 unspecified atom stereocenters. The van der Waals surface area contributed by atoms with Crippen molar-refractivity contribution in [3.8, 4) is 5.75 Å². The van der Waals surface area contributed by atoms with Crippen LogP contribution in [0.5, 0.6) is 5.75 Å². The van der Waals surface area contributed by atoms with E-state index in [2.05, 4.69) is 39.0 Å². The zero-order chi connectivity index (χ0) is 22.6. The number of nitrogens with zero attached hydrogens (tertiary/aromatic N) is 2. The van der Waals surface area contributed by atoms with E-state index < -0.39 is 0 Å². The Morgan fingerprint density at radius 3 is 2.41 bits per heavy atom. The average Bonchev–Trinajstić information content (AvgIpc) is 2.82. The van der Waals surface area contributed by atoms with E-state index in [1.54, 1.807) is 12.1 Å². The van der Waals surface area contributed by atoms with E-state index in [9.17, 15) is 9.90 Å². The van der Waals surface area contributed by atoms with Crippen LogP contribution in [-0.2, 0) is 17.8 Å². The topological polar surface area (TPSA) is 98.2 Å². The van der Waals surface area contributed by atoms with E-state index in [1.165, 1.54) is 23.3 Å². The molecule has 0 aliphatic carbocycles. The highest BCUT2D eigenvalue weighted by atomic mass is 16.5. The molecule has 2 aromatic carbocycles. The molecule has 1 amide bonds. The third-order valence-electron chi connectivity index (χ3n) is 5.20. The summed E-state index contributed by atoms with van der Waals surface area (Å²) in [6.07, 6.45) is 0. The Bertz CT molecular complexity index is 879. The first-order chi connectivity index (χ1) is 15.7. The van der Waals surface area contributed by atoms with Gasteiger partial charge in [0, 0.05) is 44.8 Å². The Hall–Kier alpha value is -3.10. The van der Waals surface area contributed by atoms with Crippen molar-refractivity contribution in [1.82, 2.24) is 20.9 Å². The molecule has 8 nitrogen and oxygen atoms in total. The molecule has 2 aromatic rings. The zero-order valence-corrected chi connectivity index (χ0v) is 18.6. The molecular weight excluding hydrogens is 406 g/mol. The number of aliphatic imine (C=N–C) groups is 1. The Kier molecular flexibility index (Phi) is 9.34. The number of ether oxygens (including phenoxy) is 1. The van der Waals surface area contributed by atoms with Gasteiger partial charge in [0.15, 0.2) is 5.96 Å². The lowest BCUT2D eigenvalue weighted by atomic mass is 10.1. The van der Waals surface area contributed by atoms with Gasteiger partial charge in [0.25, 0.3) is 5.91 Å². The summed E-state index contributed by atoms with van der Waals surface area (Å²) in [7, 11) is 0. The molecular formula is C24H33N5O3. The molecule has 1 aliphatic heterocycles. The molecule has 1 heterocycles. The first-order valence-corrected chi connectivity index (χ1v) is 11.1. The lowest BCUT2D eigenvalue weighted by molar-refractivity contribution is 0.0341. The lowest BCUT2D eigenvalue weighted by Crippen LogP contribution is -2.41. The molecule has 8 heteroatoms. The number of morpholine rings is 1. The van der Waals surface area contributed by atoms with Gasteiger partial charge in [-0.05, 0) is 42.3 Å². The summed E-state index contributed by atoms with van der Waals surface area (Å²) < 4.78 is 5.45. The van der Waals surface area contributed by atoms with Crippen molar-refractivity contribution in [2.75, 3.05) is 45.9 Å². The third kappa shape index (κ3) is 7.55. The van der Waals surface area contributed by atoms with Crippen LogP contribution in [0.2, 0.25) is 0 Å². The number of hydrogen-bond acceptors (Lipinski definition) is 5. The summed E-state index contributed by atoms with van der Waals surface area (Å²) in [5.74, 6) is 0.680. The minimum absolute atomic E-state index is 0.140. The van der Waals surface area contributed by atoms with Crippen molar-refractivity contribution in [2.45, 2.75) is 20.0 Å². The van der Waals surface area contributed by atoms with Crippen LogP contribution in [0.3, 0.4) is 0 Å². The van der Waals surface area contributed by atoms with Gasteiger partial charge in [-0.2, -0.15) is 0 Å². The van der Waals surface area contributed by atoms with Crippen molar-refractivity contribution < 1.29 is 14.6 Å². The van der Waals surface area contributed by atoms with Crippen molar-refractivity contribution in [2.24, 2.45) is 4.99 Å². The SMILES string of the molecule is CCNC(=NCc1ccccc1CN1CCOCC1)NCCNC(=O)c1ccc(O)cc1. The van der Waals surface area contributed by atoms with Crippen molar-refractivity contribution in [3.05, 3.63) is 65.2 Å². The smallest absolute Gasteiger partial charge is 0.251 e. The molecule has 3 rings (SSSR count). The number of guanidine groups is 1. The van der Waals surface area contributed by atoms with E-state index in [0.29, 0.717) is 31.2 Å². The minimum atomic E-state index is -0.175. The van der Waals surface area contributed by atoms with Crippen LogP contribution in [0, 0.1) is 0 Å². The number of rotatable bonds is 9. The molecule has 1 fully saturated rings. The third-order valence-corrected chi connectivity index (χ3v) is 5.20. The van der Waals surface area contributed by atoms with Crippen molar-refractivity contribution >= 4 is 11.9 Å². The van der Waals surface area contributed by atoms with Gasteiger partial charge in [-0.3, -0.25) is 9.69 Å². The Balaban J connectivity index is 1.50. The van der Waals surface area contributed by atoms with Gasteiger partial charge in [0.05, 0.1) is 19.8 Å². The lowest BCUT2D eigenvalue weighted by Gasteiger charge is -2.27. The number of hydrogen-bond donors (Lipinski definition) is 4. The second-order valence-corrected chi connectivity index (χ2v) is 7.58. The predicted molar refractivity (Wildman–Crippen MR) is 126 cm³/mol. The van der Waals surface area contributed by atoms with Crippen molar-refractivity contribution in [1.29, 1.82) is 0 Å². The largest absolute Gasteiger partial charge is 0.508 e. The molecule has 1 saturated heterocycles. The van der Waals surface area contributed by atoms with E-state index in [1.807, 2.05) is 13.0 Å². The van der Waals surface area contributed by atoms with Crippen LogP contribution >= 0.6 is 0 Å². The Morgan fingerprint density at radius 2 is 1.69 bits per heavy atom. The van der Waals surface area contributed by atoms with Crippen LogP contribution in [0.4, 0.5) is 0 Å². The Morgan fingerprint density at radius 1 is 1.00 bits per heavy atom. The molecule has 0 aromatic heterocycles. The fourth-order valence-electron chi connectivity index (χ4n) is 3.44. The number of carbonyl (C=O) groups excluding carboxylic acids is 1. The summed E-state index contributed by atoms with van der Waals surface area (Å²) in [5, 5.41) is 18.7. The van der Waals surface area contributed by atoms with Gasteiger partial charge in [0.1, 0.15) is 5.75 Å². The number of benzene rings is 2. The molecule has 172 valence electrons. The molecule has 0 atom stereocenters. The Labute approximate surface area is 189 Å². The summed E-state index contributed by atoms with van der Waals surface area (Å²) >= 11 is 0. The first kappa shape index (κ1) is 23.6. The summed E-state index contributed by atoms with van der Waals surface area (Å²) in [4.78, 5) is 19.3. The van der Waals surface area contributed by atoms with Gasteiger partial charge in [-0.25, -0.2) is 4.99 Å². The standard InChI is InChI=1S/C24H33N5O3/c1-2-25-24(27-12-11-26-23(31)19-7-9-22(30)10-8-19)28-17-20-5-3-4-6-21(20)18-29-13-15-32-16-14-29/h3-10,30H,2,11-18H2,1H3,(H,26,31)(H2,25,27,28). The van der Waals surface area contributed by atoms with E-state index in [4.69, 9.17) is 9.73 Å². The zero-order valence-electron chi connectivity index (χ0n) is 18.6.